The van der Waals surface area contributed by atoms with Crippen molar-refractivity contribution in [2.45, 2.75) is 86.7 Å². The Morgan fingerprint density at radius 2 is 1.11 bits per heavy atom. The molecule has 258 valence electrons. The van der Waals surface area contributed by atoms with E-state index in [1.165, 1.54) is 5.56 Å². The van der Waals surface area contributed by atoms with E-state index in [4.69, 9.17) is 9.47 Å². The summed E-state index contributed by atoms with van der Waals surface area (Å²) in [6, 6.07) is 10.3. The van der Waals surface area contributed by atoms with Crippen LogP contribution in [0.5, 0.6) is 0 Å². The molecule has 5 amide bonds. The largest absolute Gasteiger partial charge is 0.378 e. The number of rotatable bonds is 19. The zero-order chi connectivity index (χ0) is 34.7. The van der Waals surface area contributed by atoms with Gasteiger partial charge in [0.15, 0.2) is 0 Å². The van der Waals surface area contributed by atoms with Gasteiger partial charge in [-0.1, -0.05) is 83.4 Å². The molecule has 45 heavy (non-hydrogen) atoms. The summed E-state index contributed by atoms with van der Waals surface area (Å²) in [5.74, 6) is -2.22. The summed E-state index contributed by atoms with van der Waals surface area (Å²) >= 11 is 0. The Morgan fingerprint density at radius 3 is 1.51 bits per heavy atom. The van der Waals surface area contributed by atoms with Crippen molar-refractivity contribution in [3.63, 3.8) is 0 Å². The topological polar surface area (TPSA) is 164 Å². The normalized spacial score (nSPS) is 10.6. The molecule has 5 N–H and O–H groups in total. The molecule has 0 atom stereocenters. The Morgan fingerprint density at radius 1 is 0.667 bits per heavy atom. The highest BCUT2D eigenvalue weighted by Gasteiger charge is 2.23. The van der Waals surface area contributed by atoms with Gasteiger partial charge in [0.1, 0.15) is 0 Å². The summed E-state index contributed by atoms with van der Waals surface area (Å²) in [4.78, 5) is 59.0. The van der Waals surface area contributed by atoms with Crippen molar-refractivity contribution in [3.05, 3.63) is 35.9 Å². The molecule has 1 rings (SSSR count). The van der Waals surface area contributed by atoms with Crippen LogP contribution >= 0.6 is 0 Å². The number of nitrogens with one attached hydrogen (secondary N) is 5. The van der Waals surface area contributed by atoms with Crippen molar-refractivity contribution in [3.8, 4) is 0 Å². The van der Waals surface area contributed by atoms with E-state index in [9.17, 15) is 24.0 Å². The van der Waals surface area contributed by atoms with Crippen LogP contribution in [0, 0.1) is 12.3 Å². The molecule has 0 radical (unpaired) electrons. The molecule has 0 aliphatic carbocycles. The molecule has 1 aromatic rings. The molecule has 12 heteroatoms. The van der Waals surface area contributed by atoms with Crippen molar-refractivity contribution >= 4 is 29.5 Å². The van der Waals surface area contributed by atoms with Gasteiger partial charge in [-0.2, -0.15) is 0 Å². The fourth-order valence-corrected chi connectivity index (χ4v) is 3.14. The fourth-order valence-electron chi connectivity index (χ4n) is 3.14. The number of ether oxygens (including phenoxy) is 2. The number of benzene rings is 1. The molecule has 0 saturated heterocycles. The molecular weight excluding hydrogens is 578 g/mol. The maximum atomic E-state index is 12.0. The first-order valence-electron chi connectivity index (χ1n) is 15.7. The smallest absolute Gasteiger partial charge is 0.239 e. The predicted molar refractivity (Wildman–Crippen MR) is 177 cm³/mol. The van der Waals surface area contributed by atoms with Gasteiger partial charge in [0.05, 0.1) is 45.0 Å². The number of amides is 5. The summed E-state index contributed by atoms with van der Waals surface area (Å²) in [5.41, 5.74) is 0.609. The highest BCUT2D eigenvalue weighted by Crippen LogP contribution is 2.16. The Hall–Kier alpha value is -3.51. The first kappa shape index (κ1) is 43.6. The number of carbonyl (C=O) groups excluding carboxylic acids is 5. The van der Waals surface area contributed by atoms with Crippen molar-refractivity contribution < 1.29 is 33.4 Å². The van der Waals surface area contributed by atoms with Crippen LogP contribution < -0.4 is 26.6 Å². The van der Waals surface area contributed by atoms with E-state index in [-0.39, 0.29) is 43.4 Å². The lowest BCUT2D eigenvalue weighted by molar-refractivity contribution is -0.129. The molecule has 0 heterocycles. The van der Waals surface area contributed by atoms with Crippen LogP contribution in [0.15, 0.2) is 30.3 Å². The second kappa shape index (κ2) is 25.8. The number of methoxy groups -OCH3 is 1. The monoisotopic (exact) mass is 637 g/mol. The number of hydrogen-bond donors (Lipinski definition) is 5. The zero-order valence-electron chi connectivity index (χ0n) is 29.0. The minimum atomic E-state index is -0.573. The summed E-state index contributed by atoms with van der Waals surface area (Å²) in [5, 5.41) is 12.3. The minimum Gasteiger partial charge on any atom is -0.378 e. The molecule has 0 aliphatic rings. The quantitative estimate of drug-likeness (QED) is 0.146. The van der Waals surface area contributed by atoms with Crippen molar-refractivity contribution in [1.82, 2.24) is 26.6 Å². The molecule has 0 unspecified atom stereocenters. The molecule has 0 bridgehead atoms. The number of unbranched alkanes of at least 4 members (excludes halogenated alkanes) is 2. The third-order valence-corrected chi connectivity index (χ3v) is 5.99. The second-order valence-electron chi connectivity index (χ2n) is 11.6. The number of aryl methyl sites for hydroxylation is 1. The van der Waals surface area contributed by atoms with Crippen molar-refractivity contribution in [1.29, 1.82) is 0 Å². The highest BCUT2D eigenvalue weighted by atomic mass is 16.5. The third kappa shape index (κ3) is 27.8. The molecule has 0 aliphatic heterocycles. The highest BCUT2D eigenvalue weighted by molar-refractivity contribution is 5.91. The molecule has 0 saturated carbocycles. The standard InChI is InChI=1S/C24H45N5O7.C7H8.C2H6/c1-7-8-9-10-18(30)25-11-19(31)26-12-20(32)27-13-21(33)28-14-22(34)29-15-23(2,3)16-36-17-24(4,5)35-6;1-7-5-3-2-4-6-7;1-2/h7-17H2,1-6H3,(H,25,30)(H,26,31)(H,27,32)(H,28,33)(H,29,34);2-6H,1H3;1-2H3. The van der Waals surface area contributed by atoms with E-state index in [1.54, 1.807) is 7.11 Å². The van der Waals surface area contributed by atoms with Crippen LogP contribution in [0.4, 0.5) is 0 Å². The average molecular weight is 638 g/mol. The lowest BCUT2D eigenvalue weighted by Gasteiger charge is -2.28. The van der Waals surface area contributed by atoms with Crippen LogP contribution in [0.25, 0.3) is 0 Å². The van der Waals surface area contributed by atoms with Gasteiger partial charge in [-0.15, -0.1) is 0 Å². The Balaban J connectivity index is 0. The third-order valence-electron chi connectivity index (χ3n) is 5.99. The summed E-state index contributed by atoms with van der Waals surface area (Å²) < 4.78 is 11.0. The SMILES string of the molecule is CC.CCCCCC(=O)NCC(=O)NCC(=O)NCC(=O)NCC(=O)NCC(C)(C)COCC(C)(C)OC.Cc1ccccc1. The van der Waals surface area contributed by atoms with Gasteiger partial charge in [0.2, 0.25) is 29.5 Å². The van der Waals surface area contributed by atoms with E-state index >= 15 is 0 Å². The molecule has 12 nitrogen and oxygen atoms in total. The second-order valence-corrected chi connectivity index (χ2v) is 11.6. The molecule has 1 aromatic carbocycles. The molecular formula is C33H59N5O7. The first-order valence-corrected chi connectivity index (χ1v) is 15.7. The van der Waals surface area contributed by atoms with Crippen LogP contribution in [0.3, 0.4) is 0 Å². The maximum absolute atomic E-state index is 12.0. The van der Waals surface area contributed by atoms with E-state index in [2.05, 4.69) is 45.6 Å². The van der Waals surface area contributed by atoms with Gasteiger partial charge in [-0.3, -0.25) is 24.0 Å². The lowest BCUT2D eigenvalue weighted by atomic mass is 9.95. The fraction of sp³-hybridized carbons (Fsp3) is 0.667. The van der Waals surface area contributed by atoms with E-state index in [0.29, 0.717) is 26.2 Å². The van der Waals surface area contributed by atoms with Crippen LogP contribution in [0.1, 0.15) is 79.7 Å². The Labute approximate surface area is 270 Å². The maximum Gasteiger partial charge on any atom is 0.239 e. The number of carbonyl (C=O) groups is 5. The first-order chi connectivity index (χ1) is 21.2. The van der Waals surface area contributed by atoms with Gasteiger partial charge in [0.25, 0.3) is 0 Å². The Bertz CT molecular complexity index is 985. The summed E-state index contributed by atoms with van der Waals surface area (Å²) in [6.07, 6.45) is 3.06. The van der Waals surface area contributed by atoms with Crippen molar-refractivity contribution in [2.75, 3.05) is 53.0 Å². The van der Waals surface area contributed by atoms with Gasteiger partial charge in [-0.25, -0.2) is 0 Å². The van der Waals surface area contributed by atoms with Crippen molar-refractivity contribution in [2.24, 2.45) is 5.41 Å². The summed E-state index contributed by atoms with van der Waals surface area (Å²) in [7, 11) is 1.62. The lowest BCUT2D eigenvalue weighted by Crippen LogP contribution is -2.46. The molecule has 0 fully saturated rings. The van der Waals surface area contributed by atoms with Crippen LogP contribution in [0.2, 0.25) is 0 Å². The van der Waals surface area contributed by atoms with E-state index in [0.717, 1.165) is 19.3 Å². The minimum absolute atomic E-state index is 0.216. The van der Waals surface area contributed by atoms with Gasteiger partial charge < -0.3 is 36.1 Å². The van der Waals surface area contributed by atoms with Crippen LogP contribution in [-0.4, -0.2) is 88.2 Å². The Kier molecular flexibility index (Phi) is 25.0. The average Bonchev–Trinajstić information content (AvgIpc) is 3.01. The van der Waals surface area contributed by atoms with Gasteiger partial charge >= 0.3 is 0 Å². The van der Waals surface area contributed by atoms with E-state index in [1.807, 2.05) is 66.7 Å². The predicted octanol–water partition coefficient (Wildman–Crippen LogP) is 2.64. The summed E-state index contributed by atoms with van der Waals surface area (Å²) in [6.45, 7) is 15.9. The molecule has 0 aromatic heterocycles. The van der Waals surface area contributed by atoms with Gasteiger partial charge in [-0.05, 0) is 27.2 Å². The zero-order valence-corrected chi connectivity index (χ0v) is 29.0. The molecule has 0 spiro atoms. The van der Waals surface area contributed by atoms with Crippen LogP contribution in [-0.2, 0) is 33.4 Å². The van der Waals surface area contributed by atoms with Gasteiger partial charge in [0, 0.05) is 25.5 Å². The number of hydrogen-bond acceptors (Lipinski definition) is 7. The van der Waals surface area contributed by atoms with E-state index < -0.39 is 23.3 Å².